The van der Waals surface area contributed by atoms with Crippen LogP contribution in [0.5, 0.6) is 0 Å². The van der Waals surface area contributed by atoms with Crippen LogP contribution in [0.1, 0.15) is 55.6 Å². The molecule has 0 saturated carbocycles. The number of ether oxygens (including phenoxy) is 1. The molecule has 0 saturated heterocycles. The first-order valence-corrected chi connectivity index (χ1v) is 13.6. The number of aromatic nitrogens is 1. The molecule has 0 unspecified atom stereocenters. The fraction of sp³-hybridized carbons (Fsp3) is 0.355. The second-order valence-corrected chi connectivity index (χ2v) is 10.6. The molecule has 6 heteroatoms. The van der Waals surface area contributed by atoms with Gasteiger partial charge in [0.05, 0.1) is 6.61 Å². The van der Waals surface area contributed by atoms with Crippen LogP contribution in [0.25, 0.3) is 10.9 Å². The van der Waals surface area contributed by atoms with Crippen LogP contribution in [0, 0.1) is 0 Å². The zero-order valence-corrected chi connectivity index (χ0v) is 21.9. The minimum Gasteiger partial charge on any atom is -0.383 e. The molecule has 0 fully saturated rings. The summed E-state index contributed by atoms with van der Waals surface area (Å²) >= 11 is 6.12. The van der Waals surface area contributed by atoms with E-state index in [0.717, 1.165) is 70.3 Å². The van der Waals surface area contributed by atoms with Gasteiger partial charge in [-0.25, -0.2) is 0 Å². The minimum absolute atomic E-state index is 0.174. The van der Waals surface area contributed by atoms with Gasteiger partial charge in [0, 0.05) is 83.6 Å². The first-order valence-electron chi connectivity index (χ1n) is 13.2. The maximum absolute atomic E-state index is 13.6. The van der Waals surface area contributed by atoms with Crippen LogP contribution in [-0.2, 0) is 20.9 Å². The van der Waals surface area contributed by atoms with Crippen molar-refractivity contribution >= 4 is 34.1 Å². The molecule has 2 heterocycles. The number of hydrogen-bond donors (Lipinski definition) is 0. The summed E-state index contributed by atoms with van der Waals surface area (Å²) < 4.78 is 7.67. The molecule has 0 spiro atoms. The second kappa shape index (κ2) is 9.96. The van der Waals surface area contributed by atoms with Crippen molar-refractivity contribution in [1.29, 1.82) is 0 Å². The van der Waals surface area contributed by atoms with E-state index >= 15 is 0 Å². The normalized spacial score (nSPS) is 18.6. The zero-order valence-electron chi connectivity index (χ0n) is 21.1. The predicted molar refractivity (Wildman–Crippen MR) is 146 cm³/mol. The van der Waals surface area contributed by atoms with Crippen molar-refractivity contribution in [2.75, 3.05) is 20.3 Å². The van der Waals surface area contributed by atoms with E-state index in [0.29, 0.717) is 37.6 Å². The molecule has 1 aliphatic heterocycles. The number of carbonyl (C=O) groups excluding carboxylic acids is 2. The number of para-hydroxylation sites is 1. The van der Waals surface area contributed by atoms with Crippen molar-refractivity contribution in [3.63, 3.8) is 0 Å². The molecule has 190 valence electrons. The lowest BCUT2D eigenvalue weighted by atomic mass is 9.71. The van der Waals surface area contributed by atoms with Gasteiger partial charge in [-0.05, 0) is 55.0 Å². The number of halogens is 1. The smallest absolute Gasteiger partial charge is 0.161 e. The van der Waals surface area contributed by atoms with Gasteiger partial charge in [0.15, 0.2) is 11.6 Å². The number of fused-ring (bicyclic) bond motifs is 1. The Hall–Kier alpha value is -3.15. The van der Waals surface area contributed by atoms with Gasteiger partial charge in [-0.3, -0.25) is 9.59 Å². The first kappa shape index (κ1) is 24.2. The summed E-state index contributed by atoms with van der Waals surface area (Å²) in [5.41, 5.74) is 7.15. The number of carbonyl (C=O) groups is 2. The van der Waals surface area contributed by atoms with Crippen LogP contribution >= 0.6 is 11.6 Å². The summed E-state index contributed by atoms with van der Waals surface area (Å²) in [5, 5.41) is 1.81. The summed E-state index contributed by atoms with van der Waals surface area (Å²) in [6, 6.07) is 16.2. The van der Waals surface area contributed by atoms with E-state index in [1.807, 2.05) is 36.4 Å². The van der Waals surface area contributed by atoms with Crippen molar-refractivity contribution < 1.29 is 14.3 Å². The summed E-state index contributed by atoms with van der Waals surface area (Å²) in [4.78, 5) is 29.5. The molecule has 3 aromatic rings. The fourth-order valence-corrected chi connectivity index (χ4v) is 6.53. The van der Waals surface area contributed by atoms with E-state index in [-0.39, 0.29) is 17.5 Å². The highest BCUT2D eigenvalue weighted by Crippen LogP contribution is 2.50. The van der Waals surface area contributed by atoms with E-state index in [2.05, 4.69) is 27.8 Å². The summed E-state index contributed by atoms with van der Waals surface area (Å²) in [5.74, 6) is 0.0296. The minimum atomic E-state index is -0.319. The standard InChI is InChI=1S/C31H31ClN2O3/c1-37-17-16-34-25-8-4-10-27(35)30(25)29(31-26(34)9-5-11-28(31)36)23-19-33(24-7-3-2-6-22(23)24)18-20-12-14-21(32)15-13-20/h2-3,6-7,12-15,19,29H,4-5,8-11,16-18H2,1H3. The number of nitrogens with zero attached hydrogens (tertiary/aromatic N) is 2. The number of methoxy groups -OCH3 is 1. The number of rotatable bonds is 6. The van der Waals surface area contributed by atoms with Gasteiger partial charge in [0.1, 0.15) is 0 Å². The molecule has 6 rings (SSSR count). The van der Waals surface area contributed by atoms with Gasteiger partial charge in [0.2, 0.25) is 0 Å². The SMILES string of the molecule is COCCN1C2=C(C(=O)CCC2)C(c2cn(Cc3ccc(Cl)cc3)c3ccccc23)C2=C1CCCC2=O. The first-order chi connectivity index (χ1) is 18.1. The Morgan fingerprint density at radius 1 is 0.892 bits per heavy atom. The lowest BCUT2D eigenvalue weighted by Gasteiger charge is -2.43. The largest absolute Gasteiger partial charge is 0.383 e. The highest BCUT2D eigenvalue weighted by Gasteiger charge is 2.44. The van der Waals surface area contributed by atoms with Crippen LogP contribution in [0.2, 0.25) is 5.02 Å². The summed E-state index contributed by atoms with van der Waals surface area (Å²) in [6.45, 7) is 1.91. The van der Waals surface area contributed by atoms with Crippen LogP contribution in [0.4, 0.5) is 0 Å². The number of hydrogen-bond acceptors (Lipinski definition) is 4. The monoisotopic (exact) mass is 514 g/mol. The average Bonchev–Trinajstić information content (AvgIpc) is 3.26. The molecular formula is C31H31ClN2O3. The van der Waals surface area contributed by atoms with Crippen molar-refractivity contribution in [3.05, 3.63) is 93.4 Å². The van der Waals surface area contributed by atoms with Crippen molar-refractivity contribution in [1.82, 2.24) is 9.47 Å². The molecule has 2 aliphatic carbocycles. The molecule has 2 aromatic carbocycles. The van der Waals surface area contributed by atoms with Crippen molar-refractivity contribution in [3.8, 4) is 0 Å². The Balaban J connectivity index is 1.55. The van der Waals surface area contributed by atoms with Gasteiger partial charge >= 0.3 is 0 Å². The van der Waals surface area contributed by atoms with E-state index < -0.39 is 0 Å². The van der Waals surface area contributed by atoms with Crippen LogP contribution in [0.3, 0.4) is 0 Å². The van der Waals surface area contributed by atoms with Crippen LogP contribution in [0.15, 0.2) is 77.3 Å². The number of Topliss-reactive ketones (excluding diaryl/α,β-unsaturated/α-hetero) is 2. The molecule has 0 N–H and O–H groups in total. The molecule has 5 nitrogen and oxygen atoms in total. The van der Waals surface area contributed by atoms with Gasteiger partial charge in [0.25, 0.3) is 0 Å². The van der Waals surface area contributed by atoms with E-state index in [4.69, 9.17) is 16.3 Å². The molecule has 0 amide bonds. The topological polar surface area (TPSA) is 51.5 Å². The van der Waals surface area contributed by atoms with E-state index in [9.17, 15) is 9.59 Å². The number of ketones is 2. The van der Waals surface area contributed by atoms with E-state index in [1.54, 1.807) is 7.11 Å². The Morgan fingerprint density at radius 3 is 2.19 bits per heavy atom. The molecule has 0 atom stereocenters. The zero-order chi connectivity index (χ0) is 25.5. The molecule has 1 aromatic heterocycles. The molecule has 0 bridgehead atoms. The van der Waals surface area contributed by atoms with Gasteiger partial charge in [-0.1, -0.05) is 41.9 Å². The third-order valence-electron chi connectivity index (χ3n) is 8.00. The van der Waals surface area contributed by atoms with Crippen LogP contribution in [-0.4, -0.2) is 41.3 Å². The number of allylic oxidation sites excluding steroid dienone is 4. The molecule has 0 radical (unpaired) electrons. The lowest BCUT2D eigenvalue weighted by Crippen LogP contribution is -2.40. The molecular weight excluding hydrogens is 484 g/mol. The average molecular weight is 515 g/mol. The molecule has 3 aliphatic rings. The Morgan fingerprint density at radius 2 is 1.54 bits per heavy atom. The Labute approximate surface area is 222 Å². The highest BCUT2D eigenvalue weighted by molar-refractivity contribution is 6.30. The van der Waals surface area contributed by atoms with Crippen LogP contribution < -0.4 is 0 Å². The lowest BCUT2D eigenvalue weighted by molar-refractivity contribution is -0.117. The maximum atomic E-state index is 13.6. The Kier molecular flexibility index (Phi) is 6.51. The van der Waals surface area contributed by atoms with Crippen molar-refractivity contribution in [2.24, 2.45) is 0 Å². The van der Waals surface area contributed by atoms with Gasteiger partial charge in [-0.15, -0.1) is 0 Å². The summed E-state index contributed by atoms with van der Waals surface area (Å²) in [7, 11) is 1.70. The third kappa shape index (κ3) is 4.24. The maximum Gasteiger partial charge on any atom is 0.161 e. The third-order valence-corrected chi connectivity index (χ3v) is 8.25. The molecule has 37 heavy (non-hydrogen) atoms. The quantitative estimate of drug-likeness (QED) is 0.382. The summed E-state index contributed by atoms with van der Waals surface area (Å²) in [6.07, 6.45) is 6.66. The highest BCUT2D eigenvalue weighted by atomic mass is 35.5. The fourth-order valence-electron chi connectivity index (χ4n) is 6.40. The predicted octanol–water partition coefficient (Wildman–Crippen LogP) is 6.40. The number of benzene rings is 2. The Bertz CT molecular complexity index is 1400. The van der Waals surface area contributed by atoms with Gasteiger partial charge < -0.3 is 14.2 Å². The van der Waals surface area contributed by atoms with Crippen molar-refractivity contribution in [2.45, 2.75) is 51.0 Å². The van der Waals surface area contributed by atoms with E-state index in [1.165, 1.54) is 0 Å². The second-order valence-electron chi connectivity index (χ2n) is 10.2. The van der Waals surface area contributed by atoms with Gasteiger partial charge in [-0.2, -0.15) is 0 Å².